The number of aromatic nitrogens is 2. The van der Waals surface area contributed by atoms with Crippen molar-refractivity contribution in [2.45, 2.75) is 11.4 Å². The van der Waals surface area contributed by atoms with Gasteiger partial charge in [-0.3, -0.25) is 4.68 Å². The van der Waals surface area contributed by atoms with E-state index in [9.17, 15) is 13.2 Å². The van der Waals surface area contributed by atoms with Crippen LogP contribution < -0.4 is 4.72 Å². The minimum absolute atomic E-state index is 0.0522. The Morgan fingerprint density at radius 3 is 2.96 bits per heavy atom. The second-order valence-corrected chi connectivity index (χ2v) is 7.66. The summed E-state index contributed by atoms with van der Waals surface area (Å²) in [6, 6.07) is 3.19. The average molecular weight is 381 g/mol. The molecule has 8 nitrogen and oxygen atoms in total. The van der Waals surface area contributed by atoms with E-state index in [1.54, 1.807) is 29.6 Å². The van der Waals surface area contributed by atoms with E-state index >= 15 is 0 Å². The van der Waals surface area contributed by atoms with E-state index in [4.69, 9.17) is 4.42 Å². The Bertz CT molecular complexity index is 957. The van der Waals surface area contributed by atoms with Crippen LogP contribution in [0.4, 0.5) is 0 Å². The van der Waals surface area contributed by atoms with Gasteiger partial charge < -0.3 is 9.15 Å². The highest BCUT2D eigenvalue weighted by molar-refractivity contribution is 7.89. The molecule has 10 heteroatoms. The average Bonchev–Trinajstić information content (AvgIpc) is 3.32. The van der Waals surface area contributed by atoms with E-state index in [1.165, 1.54) is 18.6 Å². The largest absolute Gasteiger partial charge is 0.472 e. The number of hydrogen-bond donors (Lipinski definition) is 1. The zero-order valence-corrected chi connectivity index (χ0v) is 14.8. The summed E-state index contributed by atoms with van der Waals surface area (Å²) in [7, 11) is -2.60. The van der Waals surface area contributed by atoms with Crippen molar-refractivity contribution < 1.29 is 22.4 Å². The first kappa shape index (κ1) is 17.4. The van der Waals surface area contributed by atoms with E-state index < -0.39 is 16.0 Å². The van der Waals surface area contributed by atoms with Crippen molar-refractivity contribution in [2.75, 3.05) is 13.7 Å². The summed E-state index contributed by atoms with van der Waals surface area (Å²) < 4.78 is 38.4. The van der Waals surface area contributed by atoms with Gasteiger partial charge in [-0.1, -0.05) is 0 Å². The van der Waals surface area contributed by atoms with Gasteiger partial charge in [0.15, 0.2) is 0 Å². The Morgan fingerprint density at radius 1 is 1.40 bits per heavy atom. The smallest absolute Gasteiger partial charge is 0.349 e. The fraction of sp³-hybridized carbons (Fsp3) is 0.200. The zero-order chi connectivity index (χ0) is 17.9. The van der Waals surface area contributed by atoms with Crippen molar-refractivity contribution in [3.8, 4) is 11.1 Å². The lowest BCUT2D eigenvalue weighted by Gasteiger charge is -2.07. The lowest BCUT2D eigenvalue weighted by molar-refractivity contribution is 0.0602. The summed E-state index contributed by atoms with van der Waals surface area (Å²) in [6.45, 7) is 0.472. The summed E-state index contributed by atoms with van der Waals surface area (Å²) in [5.74, 6) is -0.674. The molecule has 0 aromatic carbocycles. The van der Waals surface area contributed by atoms with Crippen molar-refractivity contribution in [1.29, 1.82) is 0 Å². The van der Waals surface area contributed by atoms with Crippen LogP contribution >= 0.6 is 11.3 Å². The number of furan rings is 1. The monoisotopic (exact) mass is 381 g/mol. The molecule has 0 unspecified atom stereocenters. The van der Waals surface area contributed by atoms with Crippen molar-refractivity contribution in [1.82, 2.24) is 14.5 Å². The van der Waals surface area contributed by atoms with E-state index in [-0.39, 0.29) is 16.3 Å². The molecule has 0 bridgehead atoms. The van der Waals surface area contributed by atoms with E-state index in [1.807, 2.05) is 6.07 Å². The van der Waals surface area contributed by atoms with Gasteiger partial charge in [-0.05, 0) is 17.5 Å². The Morgan fingerprint density at radius 2 is 2.24 bits per heavy atom. The van der Waals surface area contributed by atoms with Crippen LogP contribution in [0.3, 0.4) is 0 Å². The van der Waals surface area contributed by atoms with Crippen LogP contribution in [0.15, 0.2) is 51.7 Å². The molecule has 3 aromatic rings. The number of sulfonamides is 1. The number of carbonyl (C=O) groups is 1. The quantitative estimate of drug-likeness (QED) is 0.628. The number of rotatable bonds is 7. The van der Waals surface area contributed by atoms with Crippen LogP contribution in [0.2, 0.25) is 0 Å². The molecule has 3 heterocycles. The van der Waals surface area contributed by atoms with Crippen LogP contribution in [0, 0.1) is 0 Å². The summed E-state index contributed by atoms with van der Waals surface area (Å²) >= 11 is 1.02. The first-order chi connectivity index (χ1) is 12.0. The van der Waals surface area contributed by atoms with Crippen molar-refractivity contribution in [3.05, 3.63) is 47.3 Å². The molecule has 3 aromatic heterocycles. The molecule has 0 amide bonds. The molecule has 0 aliphatic rings. The molecule has 0 atom stereocenters. The number of nitrogens with zero attached hydrogens (tertiary/aromatic N) is 2. The maximum atomic E-state index is 12.4. The molecule has 1 N–H and O–H groups in total. The molecule has 0 aliphatic carbocycles. The van der Waals surface area contributed by atoms with Gasteiger partial charge >= 0.3 is 5.97 Å². The van der Waals surface area contributed by atoms with Crippen LogP contribution in [0.1, 0.15) is 9.67 Å². The van der Waals surface area contributed by atoms with Crippen molar-refractivity contribution in [3.63, 3.8) is 0 Å². The standard InChI is InChI=1S/C15H15N3O5S2/c1-22-15(19)14-13(3-7-24-14)25(20,21)17-4-5-18-9-12(8-16-18)11-2-6-23-10-11/h2-3,6-10,17H,4-5H2,1H3. The number of esters is 1. The Balaban J connectivity index is 1.64. The third-order valence-corrected chi connectivity index (χ3v) is 5.94. The highest BCUT2D eigenvalue weighted by Gasteiger charge is 2.24. The fourth-order valence-corrected chi connectivity index (χ4v) is 4.54. The maximum Gasteiger partial charge on any atom is 0.349 e. The Labute approximate surface area is 148 Å². The number of carbonyl (C=O) groups excluding carboxylic acids is 1. The number of nitrogens with one attached hydrogen (secondary N) is 1. The zero-order valence-electron chi connectivity index (χ0n) is 13.2. The third kappa shape index (κ3) is 3.81. The SMILES string of the molecule is COC(=O)c1sccc1S(=O)(=O)NCCn1cc(-c2ccoc2)cn1. The molecule has 0 spiro atoms. The van der Waals surface area contributed by atoms with Gasteiger partial charge in [0.25, 0.3) is 0 Å². The Kier molecular flexibility index (Phi) is 5.02. The van der Waals surface area contributed by atoms with Gasteiger partial charge in [0.05, 0.1) is 32.4 Å². The van der Waals surface area contributed by atoms with Gasteiger partial charge in [0, 0.05) is 23.9 Å². The number of thiophene rings is 1. The highest BCUT2D eigenvalue weighted by Crippen LogP contribution is 2.22. The summed E-state index contributed by atoms with van der Waals surface area (Å²) in [4.78, 5) is 11.6. The minimum Gasteiger partial charge on any atom is -0.472 e. The van der Waals surface area contributed by atoms with Gasteiger partial charge in [0.1, 0.15) is 9.77 Å². The predicted octanol–water partition coefficient (Wildman–Crippen LogP) is 1.97. The second-order valence-electron chi connectivity index (χ2n) is 5.01. The molecule has 132 valence electrons. The first-order valence-electron chi connectivity index (χ1n) is 7.22. The lowest BCUT2D eigenvalue weighted by atomic mass is 10.2. The first-order valence-corrected chi connectivity index (χ1v) is 9.58. The van der Waals surface area contributed by atoms with Crippen molar-refractivity contribution >= 4 is 27.3 Å². The molecule has 3 rings (SSSR count). The summed E-state index contributed by atoms with van der Waals surface area (Å²) in [6.07, 6.45) is 6.65. The highest BCUT2D eigenvalue weighted by atomic mass is 32.2. The fourth-order valence-electron chi connectivity index (χ4n) is 2.19. The Hall–Kier alpha value is -2.43. The van der Waals surface area contributed by atoms with Gasteiger partial charge in [0.2, 0.25) is 10.0 Å². The van der Waals surface area contributed by atoms with E-state index in [2.05, 4.69) is 14.6 Å². The second kappa shape index (κ2) is 7.21. The third-order valence-electron chi connectivity index (χ3n) is 3.41. The molecule has 0 saturated heterocycles. The number of ether oxygens (including phenoxy) is 1. The van der Waals surface area contributed by atoms with Crippen LogP contribution in [-0.2, 0) is 21.3 Å². The number of methoxy groups -OCH3 is 1. The lowest BCUT2D eigenvalue weighted by Crippen LogP contribution is -2.28. The molecular formula is C15H15N3O5S2. The van der Waals surface area contributed by atoms with Gasteiger partial charge in [-0.25, -0.2) is 17.9 Å². The van der Waals surface area contributed by atoms with Gasteiger partial charge in [-0.2, -0.15) is 5.10 Å². The van der Waals surface area contributed by atoms with E-state index in [0.29, 0.717) is 6.54 Å². The molecule has 0 saturated carbocycles. The van der Waals surface area contributed by atoms with E-state index in [0.717, 1.165) is 22.5 Å². The normalized spacial score (nSPS) is 11.6. The minimum atomic E-state index is -3.81. The summed E-state index contributed by atoms with van der Waals surface area (Å²) in [5, 5.41) is 5.71. The molecule has 0 fully saturated rings. The van der Waals surface area contributed by atoms with Crippen molar-refractivity contribution in [2.24, 2.45) is 0 Å². The molecule has 25 heavy (non-hydrogen) atoms. The maximum absolute atomic E-state index is 12.4. The summed E-state index contributed by atoms with van der Waals surface area (Å²) in [5.41, 5.74) is 1.77. The predicted molar refractivity (Wildman–Crippen MR) is 90.8 cm³/mol. The van der Waals surface area contributed by atoms with Crippen LogP contribution in [0.5, 0.6) is 0 Å². The van der Waals surface area contributed by atoms with Crippen LogP contribution in [-0.4, -0.2) is 37.8 Å². The topological polar surface area (TPSA) is 103 Å². The molecular weight excluding hydrogens is 366 g/mol. The van der Waals surface area contributed by atoms with Gasteiger partial charge in [-0.15, -0.1) is 11.3 Å². The number of hydrogen-bond acceptors (Lipinski definition) is 7. The molecule has 0 radical (unpaired) electrons. The molecule has 0 aliphatic heterocycles. The van der Waals surface area contributed by atoms with Crippen LogP contribution in [0.25, 0.3) is 11.1 Å².